The molecule has 4 heteroatoms. The molecule has 0 spiro atoms. The van der Waals surface area contributed by atoms with E-state index >= 15 is 0 Å². The summed E-state index contributed by atoms with van der Waals surface area (Å²) in [5.74, 6) is -1.04. The number of amides is 1. The molecular weight excluding hydrogens is 156 g/mol. The maximum absolute atomic E-state index is 12.9. The Bertz CT molecular complexity index is 314. The molecule has 1 rings (SSSR count). The first kappa shape index (κ1) is 8.78. The Morgan fingerprint density at radius 3 is 2.83 bits per heavy atom. The van der Waals surface area contributed by atoms with Crippen molar-refractivity contribution in [3.8, 4) is 0 Å². The molecule has 0 bridgehead atoms. The van der Waals surface area contributed by atoms with E-state index < -0.39 is 11.7 Å². The molecule has 60 valence electrons. The van der Waals surface area contributed by atoms with Gasteiger partial charge in [-0.3, -0.25) is 4.79 Å². The van der Waals surface area contributed by atoms with Crippen LogP contribution in [0.5, 0.6) is 0 Å². The average molecular weight is 163 g/mol. The van der Waals surface area contributed by atoms with Crippen LogP contribution in [0.3, 0.4) is 0 Å². The minimum atomic E-state index is -0.566. The van der Waals surface area contributed by atoms with E-state index in [1.807, 2.05) is 0 Å². The van der Waals surface area contributed by atoms with E-state index in [0.29, 0.717) is 5.46 Å². The standard InChI is InChI=1S/C8H7BFNO/c1-11-8(12)6-4-5(9)2-3-7(6)10/h2-4H,1H3,(H,11,12). The number of benzene rings is 1. The van der Waals surface area contributed by atoms with E-state index in [0.717, 1.165) is 0 Å². The zero-order valence-electron chi connectivity index (χ0n) is 6.60. The highest BCUT2D eigenvalue weighted by Gasteiger charge is 2.08. The predicted octanol–water partition coefficient (Wildman–Crippen LogP) is -0.0209. The smallest absolute Gasteiger partial charge is 0.253 e. The summed E-state index contributed by atoms with van der Waals surface area (Å²) in [4.78, 5) is 11.0. The highest BCUT2D eigenvalue weighted by molar-refractivity contribution is 6.32. The summed E-state index contributed by atoms with van der Waals surface area (Å²) in [6.07, 6.45) is 0. The van der Waals surface area contributed by atoms with Gasteiger partial charge in [0, 0.05) is 7.05 Å². The van der Waals surface area contributed by atoms with Crippen LogP contribution in [0.15, 0.2) is 18.2 Å². The molecule has 0 saturated heterocycles. The highest BCUT2D eigenvalue weighted by Crippen LogP contribution is 2.03. The molecule has 0 atom stereocenters. The third-order valence-electron chi connectivity index (χ3n) is 1.46. The minimum absolute atomic E-state index is 0.0301. The first-order valence-corrected chi connectivity index (χ1v) is 3.42. The van der Waals surface area contributed by atoms with Crippen molar-refractivity contribution >= 4 is 19.2 Å². The molecule has 1 aromatic rings. The van der Waals surface area contributed by atoms with Crippen molar-refractivity contribution in [2.45, 2.75) is 0 Å². The Balaban J connectivity index is 3.13. The SMILES string of the molecule is [B]c1ccc(F)c(C(=O)NC)c1. The number of nitrogens with one attached hydrogen (secondary N) is 1. The average Bonchev–Trinajstić information content (AvgIpc) is 2.08. The number of rotatable bonds is 1. The summed E-state index contributed by atoms with van der Waals surface area (Å²) in [5.41, 5.74) is 0.340. The summed E-state index contributed by atoms with van der Waals surface area (Å²) in [6, 6.07) is 3.87. The molecule has 12 heavy (non-hydrogen) atoms. The molecule has 2 radical (unpaired) electrons. The van der Waals surface area contributed by atoms with Crippen LogP contribution in [0.4, 0.5) is 4.39 Å². The van der Waals surface area contributed by atoms with Gasteiger partial charge in [-0.25, -0.2) is 4.39 Å². The number of carbonyl (C=O) groups is 1. The van der Waals surface area contributed by atoms with Gasteiger partial charge in [0.25, 0.3) is 5.91 Å². The van der Waals surface area contributed by atoms with Gasteiger partial charge in [0.05, 0.1) is 5.56 Å². The fraction of sp³-hybridized carbons (Fsp3) is 0.125. The lowest BCUT2D eigenvalue weighted by molar-refractivity contribution is 0.0959. The zero-order chi connectivity index (χ0) is 9.14. The van der Waals surface area contributed by atoms with Crippen LogP contribution in [0.2, 0.25) is 0 Å². The van der Waals surface area contributed by atoms with Crippen LogP contribution in [0.25, 0.3) is 0 Å². The monoisotopic (exact) mass is 163 g/mol. The Labute approximate surface area is 71.2 Å². The molecule has 0 aliphatic carbocycles. The molecule has 0 aromatic heterocycles. The van der Waals surface area contributed by atoms with Gasteiger partial charge in [0.2, 0.25) is 0 Å². The van der Waals surface area contributed by atoms with Crippen LogP contribution < -0.4 is 10.8 Å². The van der Waals surface area contributed by atoms with Crippen molar-refractivity contribution in [1.29, 1.82) is 0 Å². The van der Waals surface area contributed by atoms with E-state index in [2.05, 4.69) is 5.32 Å². The van der Waals surface area contributed by atoms with Crippen LogP contribution in [-0.4, -0.2) is 20.8 Å². The van der Waals surface area contributed by atoms with E-state index in [9.17, 15) is 9.18 Å². The lowest BCUT2D eigenvalue weighted by Gasteiger charge is -2.02. The molecule has 0 aliphatic rings. The predicted molar refractivity (Wildman–Crippen MR) is 45.2 cm³/mol. The lowest BCUT2D eigenvalue weighted by Crippen LogP contribution is -2.21. The van der Waals surface area contributed by atoms with Gasteiger partial charge < -0.3 is 5.32 Å². The summed E-state index contributed by atoms with van der Waals surface area (Å²) < 4.78 is 12.9. The van der Waals surface area contributed by atoms with Crippen LogP contribution >= 0.6 is 0 Å². The largest absolute Gasteiger partial charge is 0.355 e. The summed E-state index contributed by atoms with van der Waals surface area (Å²) in [5, 5.41) is 2.31. The number of hydrogen-bond donors (Lipinski definition) is 1. The summed E-state index contributed by atoms with van der Waals surface area (Å²) in [6.45, 7) is 0. The minimum Gasteiger partial charge on any atom is -0.355 e. The maximum atomic E-state index is 12.9. The van der Waals surface area contributed by atoms with Gasteiger partial charge in [-0.1, -0.05) is 17.6 Å². The third kappa shape index (κ3) is 1.64. The second kappa shape index (κ2) is 3.39. The lowest BCUT2D eigenvalue weighted by atomic mass is 9.94. The van der Waals surface area contributed by atoms with Crippen molar-refractivity contribution in [2.75, 3.05) is 7.05 Å². The van der Waals surface area contributed by atoms with Gasteiger partial charge >= 0.3 is 0 Å². The Kier molecular flexibility index (Phi) is 2.48. The molecule has 1 aromatic carbocycles. The fourth-order valence-electron chi connectivity index (χ4n) is 0.852. The number of hydrogen-bond acceptors (Lipinski definition) is 1. The van der Waals surface area contributed by atoms with Gasteiger partial charge in [0.15, 0.2) is 0 Å². The van der Waals surface area contributed by atoms with Crippen LogP contribution in [0.1, 0.15) is 10.4 Å². The van der Waals surface area contributed by atoms with E-state index in [-0.39, 0.29) is 5.56 Å². The van der Waals surface area contributed by atoms with E-state index in [4.69, 9.17) is 7.85 Å². The first-order valence-electron chi connectivity index (χ1n) is 3.42. The van der Waals surface area contributed by atoms with Crippen molar-refractivity contribution in [3.63, 3.8) is 0 Å². The summed E-state index contributed by atoms with van der Waals surface area (Å²) >= 11 is 0. The van der Waals surface area contributed by atoms with E-state index in [1.54, 1.807) is 0 Å². The fourth-order valence-corrected chi connectivity index (χ4v) is 0.852. The van der Waals surface area contributed by atoms with Gasteiger partial charge in [-0.15, -0.1) is 0 Å². The van der Waals surface area contributed by atoms with Crippen LogP contribution in [-0.2, 0) is 0 Å². The van der Waals surface area contributed by atoms with Crippen LogP contribution in [0, 0.1) is 5.82 Å². The quantitative estimate of drug-likeness (QED) is 0.579. The topological polar surface area (TPSA) is 29.1 Å². The molecule has 1 amide bonds. The number of carbonyl (C=O) groups excluding carboxylic acids is 1. The molecule has 0 heterocycles. The number of halogens is 1. The molecule has 1 N–H and O–H groups in total. The third-order valence-corrected chi connectivity index (χ3v) is 1.46. The maximum Gasteiger partial charge on any atom is 0.253 e. The second-order valence-corrected chi connectivity index (χ2v) is 2.32. The normalized spacial score (nSPS) is 9.50. The van der Waals surface area contributed by atoms with Gasteiger partial charge in [-0.05, 0) is 6.07 Å². The summed E-state index contributed by atoms with van der Waals surface area (Å²) in [7, 11) is 6.81. The molecule has 0 fully saturated rings. The molecular formula is C8H7BFNO. The molecule has 0 aliphatic heterocycles. The highest BCUT2D eigenvalue weighted by atomic mass is 19.1. The van der Waals surface area contributed by atoms with Crippen molar-refractivity contribution in [1.82, 2.24) is 5.32 Å². The van der Waals surface area contributed by atoms with Gasteiger partial charge in [-0.2, -0.15) is 0 Å². The van der Waals surface area contributed by atoms with E-state index in [1.165, 1.54) is 25.2 Å². The Hall–Kier alpha value is -1.32. The Morgan fingerprint density at radius 2 is 2.25 bits per heavy atom. The second-order valence-electron chi connectivity index (χ2n) is 2.32. The molecule has 0 unspecified atom stereocenters. The van der Waals surface area contributed by atoms with Gasteiger partial charge in [0.1, 0.15) is 13.7 Å². The Morgan fingerprint density at radius 1 is 1.58 bits per heavy atom. The molecule has 0 saturated carbocycles. The first-order chi connectivity index (χ1) is 5.65. The van der Waals surface area contributed by atoms with Crippen molar-refractivity contribution in [2.24, 2.45) is 0 Å². The van der Waals surface area contributed by atoms with Crippen molar-refractivity contribution < 1.29 is 9.18 Å². The van der Waals surface area contributed by atoms with Crippen molar-refractivity contribution in [3.05, 3.63) is 29.6 Å². The zero-order valence-corrected chi connectivity index (χ0v) is 6.60. The molecule has 2 nitrogen and oxygen atoms in total.